The maximum absolute atomic E-state index is 12.8. The molecule has 1 fully saturated rings. The molecular formula is C19H22ClN5O. The van der Waals surface area contributed by atoms with Gasteiger partial charge in [-0.2, -0.15) is 5.10 Å². The van der Waals surface area contributed by atoms with Crippen molar-refractivity contribution in [2.45, 2.75) is 25.8 Å². The van der Waals surface area contributed by atoms with Gasteiger partial charge in [0.25, 0.3) is 5.91 Å². The van der Waals surface area contributed by atoms with Crippen LogP contribution in [0.25, 0.3) is 10.9 Å². The number of hydrogen-bond acceptors (Lipinski definition) is 3. The molecule has 3 heterocycles. The number of aromatic nitrogens is 3. The Morgan fingerprint density at radius 1 is 1.31 bits per heavy atom. The van der Waals surface area contributed by atoms with E-state index in [4.69, 9.17) is 11.6 Å². The van der Waals surface area contributed by atoms with Gasteiger partial charge in [0, 0.05) is 22.0 Å². The molecule has 2 aromatic heterocycles. The fourth-order valence-corrected chi connectivity index (χ4v) is 3.82. The molecule has 1 aliphatic rings. The molecule has 0 atom stereocenters. The zero-order valence-electron chi connectivity index (χ0n) is 14.9. The standard InChI is InChI=1S/C19H22ClN5O/c1-12-15-11-13(20)3-4-16(15)22-18(12)19(26)23-17-5-8-21-25(17)14-6-9-24(2)10-7-14/h3-5,8,11,14,22H,6-7,9-10H2,1-2H3,(H,23,26). The van der Waals surface area contributed by atoms with Crippen LogP contribution in [0.2, 0.25) is 5.02 Å². The van der Waals surface area contributed by atoms with Crippen LogP contribution in [0.3, 0.4) is 0 Å². The van der Waals surface area contributed by atoms with E-state index in [1.165, 1.54) is 0 Å². The van der Waals surface area contributed by atoms with Crippen molar-refractivity contribution < 1.29 is 4.79 Å². The summed E-state index contributed by atoms with van der Waals surface area (Å²) in [4.78, 5) is 18.4. The Morgan fingerprint density at radius 2 is 2.08 bits per heavy atom. The summed E-state index contributed by atoms with van der Waals surface area (Å²) >= 11 is 6.08. The molecule has 0 aliphatic carbocycles. The van der Waals surface area contributed by atoms with Crippen molar-refractivity contribution in [2.24, 2.45) is 0 Å². The first kappa shape index (κ1) is 17.1. The fourth-order valence-electron chi connectivity index (χ4n) is 3.65. The van der Waals surface area contributed by atoms with Crippen LogP contribution >= 0.6 is 11.6 Å². The van der Waals surface area contributed by atoms with Crippen molar-refractivity contribution in [3.63, 3.8) is 0 Å². The second-order valence-electron chi connectivity index (χ2n) is 6.96. The normalized spacial score (nSPS) is 16.3. The van der Waals surface area contributed by atoms with Gasteiger partial charge in [0.1, 0.15) is 11.5 Å². The van der Waals surface area contributed by atoms with Crippen LogP contribution in [-0.4, -0.2) is 45.7 Å². The minimum absolute atomic E-state index is 0.163. The highest BCUT2D eigenvalue weighted by Crippen LogP contribution is 2.27. The minimum Gasteiger partial charge on any atom is -0.350 e. The van der Waals surface area contributed by atoms with Crippen LogP contribution in [0.1, 0.15) is 34.9 Å². The molecule has 1 amide bonds. The van der Waals surface area contributed by atoms with E-state index >= 15 is 0 Å². The van der Waals surface area contributed by atoms with Crippen molar-refractivity contribution >= 4 is 34.2 Å². The van der Waals surface area contributed by atoms with Crippen molar-refractivity contribution in [3.05, 3.63) is 46.7 Å². The second kappa shape index (κ2) is 6.78. The van der Waals surface area contributed by atoms with Crippen molar-refractivity contribution in [1.82, 2.24) is 19.7 Å². The molecule has 26 heavy (non-hydrogen) atoms. The number of benzene rings is 1. The lowest BCUT2D eigenvalue weighted by Crippen LogP contribution is -2.32. The molecule has 3 aromatic rings. The molecular weight excluding hydrogens is 350 g/mol. The van der Waals surface area contributed by atoms with E-state index in [0.717, 1.165) is 48.2 Å². The number of carbonyl (C=O) groups is 1. The molecule has 2 N–H and O–H groups in total. The number of nitrogens with zero attached hydrogens (tertiary/aromatic N) is 3. The lowest BCUT2D eigenvalue weighted by molar-refractivity contribution is 0.102. The molecule has 0 saturated carbocycles. The van der Waals surface area contributed by atoms with Crippen LogP contribution in [0.4, 0.5) is 5.82 Å². The van der Waals surface area contributed by atoms with Gasteiger partial charge in [0.05, 0.1) is 12.2 Å². The number of fused-ring (bicyclic) bond motifs is 1. The number of rotatable bonds is 3. The summed E-state index contributed by atoms with van der Waals surface area (Å²) < 4.78 is 1.94. The van der Waals surface area contributed by atoms with Crippen LogP contribution in [-0.2, 0) is 0 Å². The molecule has 7 heteroatoms. The Balaban J connectivity index is 1.58. The summed E-state index contributed by atoms with van der Waals surface area (Å²) in [5.74, 6) is 0.574. The largest absolute Gasteiger partial charge is 0.350 e. The number of nitrogens with one attached hydrogen (secondary N) is 2. The lowest BCUT2D eigenvalue weighted by atomic mass is 10.1. The average Bonchev–Trinajstić information content (AvgIpc) is 3.21. The summed E-state index contributed by atoms with van der Waals surface area (Å²) in [6.07, 6.45) is 3.81. The summed E-state index contributed by atoms with van der Waals surface area (Å²) in [5, 5.41) is 9.08. The number of carbonyl (C=O) groups excluding carboxylic acids is 1. The van der Waals surface area contributed by atoms with Crippen molar-refractivity contribution in [2.75, 3.05) is 25.5 Å². The molecule has 136 valence electrons. The number of aryl methyl sites for hydroxylation is 1. The van der Waals surface area contributed by atoms with E-state index in [1.54, 1.807) is 6.20 Å². The fraction of sp³-hybridized carbons (Fsp3) is 0.368. The van der Waals surface area contributed by atoms with Gasteiger partial charge in [0.2, 0.25) is 0 Å². The highest BCUT2D eigenvalue weighted by Gasteiger charge is 2.22. The number of anilines is 1. The third-order valence-corrected chi connectivity index (χ3v) is 5.43. The summed E-state index contributed by atoms with van der Waals surface area (Å²) in [6.45, 7) is 4.01. The second-order valence-corrected chi connectivity index (χ2v) is 7.40. The number of likely N-dealkylation sites (tertiary alicyclic amines) is 1. The Labute approximate surface area is 157 Å². The van der Waals surface area contributed by atoms with Gasteiger partial charge >= 0.3 is 0 Å². The van der Waals surface area contributed by atoms with Gasteiger partial charge in [0.15, 0.2) is 0 Å². The SMILES string of the molecule is Cc1c(C(=O)Nc2ccnn2C2CCN(C)CC2)[nH]c2ccc(Cl)cc12. The lowest BCUT2D eigenvalue weighted by Gasteiger charge is -2.29. The Kier molecular flexibility index (Phi) is 4.46. The van der Waals surface area contributed by atoms with E-state index in [0.29, 0.717) is 16.8 Å². The van der Waals surface area contributed by atoms with E-state index in [1.807, 2.05) is 35.9 Å². The zero-order valence-corrected chi connectivity index (χ0v) is 15.7. The number of halogens is 1. The molecule has 0 radical (unpaired) electrons. The van der Waals surface area contributed by atoms with Crippen molar-refractivity contribution in [1.29, 1.82) is 0 Å². The summed E-state index contributed by atoms with van der Waals surface area (Å²) in [6, 6.07) is 7.76. The van der Waals surface area contributed by atoms with Crippen LogP contribution in [0.5, 0.6) is 0 Å². The highest BCUT2D eigenvalue weighted by molar-refractivity contribution is 6.31. The maximum Gasteiger partial charge on any atom is 0.273 e. The number of H-pyrrole nitrogens is 1. The molecule has 1 aliphatic heterocycles. The van der Waals surface area contributed by atoms with Crippen LogP contribution in [0, 0.1) is 6.92 Å². The van der Waals surface area contributed by atoms with E-state index in [9.17, 15) is 4.79 Å². The van der Waals surface area contributed by atoms with Gasteiger partial charge in [-0.25, -0.2) is 4.68 Å². The Hall–Kier alpha value is -2.31. The molecule has 0 unspecified atom stereocenters. The van der Waals surface area contributed by atoms with E-state index < -0.39 is 0 Å². The smallest absolute Gasteiger partial charge is 0.273 e. The first-order valence-corrected chi connectivity index (χ1v) is 9.22. The molecule has 0 bridgehead atoms. The molecule has 6 nitrogen and oxygen atoms in total. The van der Waals surface area contributed by atoms with Gasteiger partial charge in [-0.15, -0.1) is 0 Å². The average molecular weight is 372 g/mol. The Bertz CT molecular complexity index is 952. The maximum atomic E-state index is 12.8. The number of hydrogen-bond donors (Lipinski definition) is 2. The third kappa shape index (κ3) is 3.10. The molecule has 4 rings (SSSR count). The first-order chi connectivity index (χ1) is 12.5. The number of aromatic amines is 1. The van der Waals surface area contributed by atoms with Gasteiger partial charge in [-0.05, 0) is 63.7 Å². The van der Waals surface area contributed by atoms with E-state index in [-0.39, 0.29) is 5.91 Å². The first-order valence-electron chi connectivity index (χ1n) is 8.84. The van der Waals surface area contributed by atoms with Gasteiger partial charge in [-0.1, -0.05) is 11.6 Å². The van der Waals surface area contributed by atoms with E-state index in [2.05, 4.69) is 27.3 Å². The van der Waals surface area contributed by atoms with Gasteiger partial charge in [-0.3, -0.25) is 4.79 Å². The predicted octanol–water partition coefficient (Wildman–Crippen LogP) is 3.85. The zero-order chi connectivity index (χ0) is 18.3. The summed E-state index contributed by atoms with van der Waals surface area (Å²) in [7, 11) is 2.13. The third-order valence-electron chi connectivity index (χ3n) is 5.19. The number of piperidine rings is 1. The minimum atomic E-state index is -0.163. The van der Waals surface area contributed by atoms with Gasteiger partial charge < -0.3 is 15.2 Å². The topological polar surface area (TPSA) is 66.0 Å². The highest BCUT2D eigenvalue weighted by atomic mass is 35.5. The predicted molar refractivity (Wildman–Crippen MR) is 104 cm³/mol. The summed E-state index contributed by atoms with van der Waals surface area (Å²) in [5.41, 5.74) is 2.35. The quantitative estimate of drug-likeness (QED) is 0.735. The Morgan fingerprint density at radius 3 is 2.85 bits per heavy atom. The van der Waals surface area contributed by atoms with Crippen LogP contribution < -0.4 is 5.32 Å². The van der Waals surface area contributed by atoms with Crippen molar-refractivity contribution in [3.8, 4) is 0 Å². The monoisotopic (exact) mass is 371 g/mol. The molecule has 1 saturated heterocycles. The molecule has 1 aromatic carbocycles. The number of amides is 1. The molecule has 0 spiro atoms. The van der Waals surface area contributed by atoms with Crippen LogP contribution in [0.15, 0.2) is 30.5 Å².